The third kappa shape index (κ3) is 6.47. The molecule has 2 aromatic rings. The zero-order chi connectivity index (χ0) is 21.7. The van der Waals surface area contributed by atoms with Gasteiger partial charge in [-0.3, -0.25) is 9.59 Å². The maximum Gasteiger partial charge on any atom is 0.416 e. The van der Waals surface area contributed by atoms with Crippen molar-refractivity contribution in [1.29, 1.82) is 0 Å². The van der Waals surface area contributed by atoms with Crippen LogP contribution in [0.25, 0.3) is 0 Å². The van der Waals surface area contributed by atoms with Crippen molar-refractivity contribution in [2.75, 3.05) is 11.9 Å². The van der Waals surface area contributed by atoms with E-state index >= 15 is 0 Å². The predicted octanol–water partition coefficient (Wildman–Crippen LogP) is 4.10. The molecular formula is C21H22F3N3O3. The van der Waals surface area contributed by atoms with Gasteiger partial charge in [-0.05, 0) is 67.6 Å². The molecule has 1 fully saturated rings. The van der Waals surface area contributed by atoms with Gasteiger partial charge < -0.3 is 15.4 Å². The third-order valence-corrected chi connectivity index (χ3v) is 4.65. The first-order valence-corrected chi connectivity index (χ1v) is 9.56. The van der Waals surface area contributed by atoms with Crippen LogP contribution in [0, 0.1) is 5.92 Å². The lowest BCUT2D eigenvalue weighted by Gasteiger charge is -2.16. The number of alkyl halides is 3. The number of hydrogen-bond acceptors (Lipinski definition) is 4. The summed E-state index contributed by atoms with van der Waals surface area (Å²) in [7, 11) is 0. The predicted molar refractivity (Wildman–Crippen MR) is 104 cm³/mol. The molecule has 1 saturated carbocycles. The molecule has 160 valence electrons. The van der Waals surface area contributed by atoms with Crippen molar-refractivity contribution in [3.8, 4) is 5.75 Å². The topological polar surface area (TPSA) is 80.3 Å². The fraction of sp³-hybridized carbons (Fsp3) is 0.381. The summed E-state index contributed by atoms with van der Waals surface area (Å²) in [4.78, 5) is 28.2. The minimum atomic E-state index is -4.42. The van der Waals surface area contributed by atoms with Gasteiger partial charge in [0.2, 0.25) is 5.91 Å². The highest BCUT2D eigenvalue weighted by Gasteiger charge is 2.30. The summed E-state index contributed by atoms with van der Waals surface area (Å²) in [6.45, 7) is 1.42. The largest absolute Gasteiger partial charge is 0.484 e. The van der Waals surface area contributed by atoms with Crippen molar-refractivity contribution in [2.24, 2.45) is 5.92 Å². The van der Waals surface area contributed by atoms with E-state index in [1.165, 1.54) is 12.1 Å². The fourth-order valence-electron chi connectivity index (χ4n) is 2.82. The molecule has 1 aromatic heterocycles. The maximum atomic E-state index is 12.6. The van der Waals surface area contributed by atoms with Crippen LogP contribution in [-0.4, -0.2) is 23.4 Å². The van der Waals surface area contributed by atoms with E-state index in [0.717, 1.165) is 30.5 Å². The average molecular weight is 421 g/mol. The number of carbonyl (C=O) groups excluding carboxylic acids is 2. The molecular weight excluding hydrogens is 399 g/mol. The van der Waals surface area contributed by atoms with E-state index in [1.54, 1.807) is 25.3 Å². The van der Waals surface area contributed by atoms with Crippen molar-refractivity contribution in [3.63, 3.8) is 0 Å². The monoisotopic (exact) mass is 421 g/mol. The highest BCUT2D eigenvalue weighted by atomic mass is 19.4. The number of hydrogen-bond donors (Lipinski definition) is 2. The second kappa shape index (κ2) is 9.15. The van der Waals surface area contributed by atoms with Crippen LogP contribution in [0.2, 0.25) is 0 Å². The van der Waals surface area contributed by atoms with Gasteiger partial charge >= 0.3 is 6.18 Å². The maximum absolute atomic E-state index is 12.6. The van der Waals surface area contributed by atoms with Gasteiger partial charge in [0.15, 0.2) is 6.61 Å². The third-order valence-electron chi connectivity index (χ3n) is 4.65. The van der Waals surface area contributed by atoms with E-state index in [0.29, 0.717) is 18.2 Å². The summed E-state index contributed by atoms with van der Waals surface area (Å²) >= 11 is 0. The van der Waals surface area contributed by atoms with E-state index in [1.807, 2.05) is 0 Å². The quantitative estimate of drug-likeness (QED) is 0.673. The molecule has 6 nitrogen and oxygen atoms in total. The lowest BCUT2D eigenvalue weighted by molar-refractivity contribution is -0.137. The number of aromatic nitrogens is 1. The van der Waals surface area contributed by atoms with Crippen molar-refractivity contribution in [3.05, 3.63) is 53.7 Å². The number of nitrogens with zero attached hydrogens (tertiary/aromatic N) is 1. The Morgan fingerprint density at radius 3 is 2.50 bits per heavy atom. The minimum absolute atomic E-state index is 0.0798. The Bertz CT molecular complexity index is 896. The highest BCUT2D eigenvalue weighted by molar-refractivity contribution is 5.90. The van der Waals surface area contributed by atoms with Crippen molar-refractivity contribution in [1.82, 2.24) is 10.3 Å². The highest BCUT2D eigenvalue weighted by Crippen LogP contribution is 2.32. The van der Waals surface area contributed by atoms with Crippen LogP contribution in [0.15, 0.2) is 42.6 Å². The van der Waals surface area contributed by atoms with Crippen LogP contribution in [0.4, 0.5) is 19.0 Å². The molecule has 1 aliphatic carbocycles. The number of ether oxygens (including phenoxy) is 1. The number of nitrogens with one attached hydrogen (secondary N) is 2. The Kier molecular flexibility index (Phi) is 6.59. The van der Waals surface area contributed by atoms with Crippen molar-refractivity contribution < 1.29 is 27.5 Å². The van der Waals surface area contributed by atoms with Crippen LogP contribution >= 0.6 is 0 Å². The van der Waals surface area contributed by atoms with Crippen molar-refractivity contribution in [2.45, 2.75) is 38.4 Å². The van der Waals surface area contributed by atoms with Crippen LogP contribution in [0.5, 0.6) is 5.75 Å². The molecule has 0 spiro atoms. The van der Waals surface area contributed by atoms with Gasteiger partial charge in [0.05, 0.1) is 11.6 Å². The van der Waals surface area contributed by atoms with E-state index in [-0.39, 0.29) is 24.3 Å². The second-order valence-electron chi connectivity index (χ2n) is 7.27. The van der Waals surface area contributed by atoms with Gasteiger partial charge in [0.1, 0.15) is 11.6 Å². The van der Waals surface area contributed by atoms with Gasteiger partial charge in [-0.25, -0.2) is 4.98 Å². The molecule has 1 aliphatic rings. The number of anilines is 1. The first-order chi connectivity index (χ1) is 14.2. The number of pyridine rings is 1. The van der Waals surface area contributed by atoms with Crippen LogP contribution < -0.4 is 15.4 Å². The van der Waals surface area contributed by atoms with Crippen molar-refractivity contribution >= 4 is 17.6 Å². The molecule has 1 atom stereocenters. The Hall–Kier alpha value is -3.10. The van der Waals surface area contributed by atoms with Crippen LogP contribution in [0.3, 0.4) is 0 Å². The zero-order valence-electron chi connectivity index (χ0n) is 16.3. The van der Waals surface area contributed by atoms with E-state index in [2.05, 4.69) is 15.6 Å². The van der Waals surface area contributed by atoms with Gasteiger partial charge in [0.25, 0.3) is 5.91 Å². The zero-order valence-corrected chi connectivity index (χ0v) is 16.3. The summed E-state index contributed by atoms with van der Waals surface area (Å²) in [5, 5.41) is 5.50. The molecule has 0 radical (unpaired) electrons. The van der Waals surface area contributed by atoms with Crippen LogP contribution in [-0.2, 0) is 15.8 Å². The molecule has 0 bridgehead atoms. The number of amides is 2. The second-order valence-corrected chi connectivity index (χ2v) is 7.27. The van der Waals surface area contributed by atoms with Gasteiger partial charge in [-0.15, -0.1) is 0 Å². The molecule has 9 heteroatoms. The molecule has 2 amide bonds. The Morgan fingerprint density at radius 2 is 1.87 bits per heavy atom. The summed E-state index contributed by atoms with van der Waals surface area (Å²) in [5.74, 6) is 0.536. The van der Waals surface area contributed by atoms with E-state index in [9.17, 15) is 22.8 Å². The van der Waals surface area contributed by atoms with Gasteiger partial charge in [-0.2, -0.15) is 13.2 Å². The smallest absolute Gasteiger partial charge is 0.416 e. The Morgan fingerprint density at radius 1 is 1.17 bits per heavy atom. The molecule has 0 saturated heterocycles. The molecule has 3 rings (SSSR count). The SMILES string of the molecule is CC(NC(=O)COc1ccc(C(F)(F)F)cc1)c1ccnc(NC(=O)CC2CC2)c1. The molecule has 0 aliphatic heterocycles. The lowest BCUT2D eigenvalue weighted by Crippen LogP contribution is -2.31. The summed E-state index contributed by atoms with van der Waals surface area (Å²) < 4.78 is 42.9. The molecule has 1 unspecified atom stereocenters. The summed E-state index contributed by atoms with van der Waals surface area (Å²) in [5.41, 5.74) is -0.0414. The number of rotatable bonds is 8. The van der Waals surface area contributed by atoms with E-state index < -0.39 is 17.6 Å². The lowest BCUT2D eigenvalue weighted by atomic mass is 10.1. The minimum Gasteiger partial charge on any atom is -0.484 e. The normalized spacial score (nSPS) is 14.7. The summed E-state index contributed by atoms with van der Waals surface area (Å²) in [6.07, 6.45) is -0.230. The fourth-order valence-corrected chi connectivity index (χ4v) is 2.82. The first-order valence-electron chi connectivity index (χ1n) is 9.56. The molecule has 30 heavy (non-hydrogen) atoms. The van der Waals surface area contributed by atoms with Crippen LogP contribution in [0.1, 0.15) is 43.4 Å². The first kappa shape index (κ1) is 21.6. The average Bonchev–Trinajstić information content (AvgIpc) is 3.50. The summed E-state index contributed by atoms with van der Waals surface area (Å²) in [6, 6.07) is 7.15. The molecule has 1 heterocycles. The van der Waals surface area contributed by atoms with Gasteiger partial charge in [0, 0.05) is 12.6 Å². The number of carbonyl (C=O) groups is 2. The standard InChI is InChI=1S/C21H22F3N3O3/c1-13(15-8-9-25-18(11-15)27-19(28)10-14-2-3-14)26-20(29)12-30-17-6-4-16(5-7-17)21(22,23)24/h4-9,11,13-14H,2-3,10,12H2,1H3,(H,26,29)(H,25,27,28). The molecule has 2 N–H and O–H groups in total. The Labute approximate surface area is 171 Å². The van der Waals surface area contributed by atoms with Gasteiger partial charge in [-0.1, -0.05) is 0 Å². The molecule has 1 aromatic carbocycles. The van der Waals surface area contributed by atoms with E-state index in [4.69, 9.17) is 4.74 Å². The number of benzene rings is 1. The number of halogens is 3. The Balaban J connectivity index is 1.49.